The van der Waals surface area contributed by atoms with Gasteiger partial charge in [-0.2, -0.15) is 0 Å². The highest BCUT2D eigenvalue weighted by molar-refractivity contribution is 6.20. The van der Waals surface area contributed by atoms with Crippen LogP contribution >= 0.6 is 0 Å². The average Bonchev–Trinajstić information content (AvgIpc) is 2.36. The molecule has 114 valence electrons. The van der Waals surface area contributed by atoms with Gasteiger partial charge in [0.1, 0.15) is 17.8 Å². The Labute approximate surface area is 123 Å². The highest BCUT2D eigenvalue weighted by Crippen LogP contribution is 2.09. The molecule has 0 spiro atoms. The van der Waals surface area contributed by atoms with E-state index in [9.17, 15) is 19.8 Å². The van der Waals surface area contributed by atoms with E-state index in [4.69, 9.17) is 0 Å². The number of allylic oxidation sites excluding steroid dienone is 1. The van der Waals surface area contributed by atoms with Gasteiger partial charge in [-0.3, -0.25) is 4.79 Å². The number of nitrogens with one attached hydrogen (secondary N) is 1. The number of carbonyl (C=O) groups excluding carboxylic acids is 1. The molecule has 1 amide bonds. The summed E-state index contributed by atoms with van der Waals surface area (Å²) < 4.78 is 0. The van der Waals surface area contributed by atoms with Gasteiger partial charge < -0.3 is 20.8 Å². The van der Waals surface area contributed by atoms with E-state index in [1.807, 2.05) is 0 Å². The van der Waals surface area contributed by atoms with Gasteiger partial charge in [0.2, 0.25) is 0 Å². The smallest absolute Gasteiger partial charge is 0.347 e. The number of amides is 1. The molecule has 6 heteroatoms. The lowest BCUT2D eigenvalue weighted by Crippen LogP contribution is -2.86. The van der Waals surface area contributed by atoms with Crippen LogP contribution in [0.4, 0.5) is 5.69 Å². The Bertz CT molecular complexity index is 545. The quantitative estimate of drug-likeness (QED) is 0.344. The molecule has 21 heavy (non-hydrogen) atoms. The summed E-state index contributed by atoms with van der Waals surface area (Å²) in [5, 5.41) is 23.0. The van der Waals surface area contributed by atoms with Crippen molar-refractivity contribution in [3.05, 3.63) is 41.6 Å². The Morgan fingerprint density at radius 1 is 1.24 bits per heavy atom. The van der Waals surface area contributed by atoms with Crippen molar-refractivity contribution >= 4 is 17.6 Å². The molecule has 1 aromatic rings. The molecular formula is C15H21N2O4+. The summed E-state index contributed by atoms with van der Waals surface area (Å²) in [7, 11) is 0. The Balaban J connectivity index is 2.90. The molecule has 0 radical (unpaired) electrons. The first-order chi connectivity index (χ1) is 9.70. The van der Waals surface area contributed by atoms with E-state index in [2.05, 4.69) is 5.32 Å². The monoisotopic (exact) mass is 293 g/mol. The highest BCUT2D eigenvalue weighted by atomic mass is 16.4. The van der Waals surface area contributed by atoms with Crippen LogP contribution in [-0.2, 0) is 9.59 Å². The number of anilines is 1. The van der Waals surface area contributed by atoms with Gasteiger partial charge in [0, 0.05) is 12.6 Å². The van der Waals surface area contributed by atoms with Crippen LogP contribution in [0, 0.1) is 0 Å². The number of hydrogen-bond donors (Lipinski definition) is 4. The summed E-state index contributed by atoms with van der Waals surface area (Å²) in [6.07, 6.45) is 0. The Morgan fingerprint density at radius 3 is 2.29 bits per heavy atom. The highest BCUT2D eigenvalue weighted by Gasteiger charge is 2.25. The number of aliphatic carboxylic acids is 1. The predicted octanol–water partition coefficient (Wildman–Crippen LogP) is 0.318. The van der Waals surface area contributed by atoms with Crippen LogP contribution in [0.2, 0.25) is 0 Å². The van der Waals surface area contributed by atoms with Crippen molar-refractivity contribution in [2.75, 3.05) is 11.9 Å². The lowest BCUT2D eigenvalue weighted by atomic mass is 10.1. The second-order valence-electron chi connectivity index (χ2n) is 5.40. The van der Waals surface area contributed by atoms with Crippen LogP contribution in [-0.4, -0.2) is 34.2 Å². The molecule has 0 saturated carbocycles. The summed E-state index contributed by atoms with van der Waals surface area (Å²) in [6, 6.07) is 8.63. The molecule has 0 saturated heterocycles. The number of quaternary nitrogens is 1. The minimum absolute atomic E-state index is 0.258. The van der Waals surface area contributed by atoms with Crippen LogP contribution in [0.3, 0.4) is 0 Å². The van der Waals surface area contributed by atoms with Gasteiger partial charge in [0.05, 0.1) is 0 Å². The Kier molecular flexibility index (Phi) is 5.63. The van der Waals surface area contributed by atoms with Gasteiger partial charge in [-0.05, 0) is 26.0 Å². The zero-order valence-corrected chi connectivity index (χ0v) is 12.4. The van der Waals surface area contributed by atoms with Gasteiger partial charge in [-0.25, -0.2) is 4.79 Å². The first kappa shape index (κ1) is 16.9. The number of rotatable bonds is 6. The van der Waals surface area contributed by atoms with E-state index in [-0.39, 0.29) is 12.1 Å². The molecule has 0 aliphatic rings. The maximum absolute atomic E-state index is 12.1. The number of para-hydroxylation sites is 1. The molecule has 0 aromatic heterocycles. The number of benzene rings is 1. The minimum atomic E-state index is -1.30. The molecule has 0 aliphatic carbocycles. The van der Waals surface area contributed by atoms with Gasteiger partial charge in [0.15, 0.2) is 5.57 Å². The van der Waals surface area contributed by atoms with Crippen LogP contribution in [0.15, 0.2) is 41.6 Å². The number of hydrogen-bond acceptors (Lipinski definition) is 3. The third kappa shape index (κ3) is 5.76. The summed E-state index contributed by atoms with van der Waals surface area (Å²) in [5.74, 6) is -1.98. The largest absolute Gasteiger partial charge is 0.477 e. The average molecular weight is 293 g/mol. The van der Waals surface area contributed by atoms with E-state index in [0.717, 1.165) is 0 Å². The van der Waals surface area contributed by atoms with E-state index in [0.29, 0.717) is 11.4 Å². The standard InChI is InChI=1S/C15H20N2O4/c1-10(16-9-15(2,3)21)12(14(19)20)13(18)17-11-7-5-4-6-8-11/h4-8,16,21H,9H2,1-3H3,(H,17,18)(H,19,20)/p+1. The number of carbonyl (C=O) groups is 2. The van der Waals surface area contributed by atoms with Crippen molar-refractivity contribution in [1.82, 2.24) is 0 Å². The van der Waals surface area contributed by atoms with Crippen LogP contribution in [0.5, 0.6) is 0 Å². The molecule has 0 unspecified atom stereocenters. The van der Waals surface area contributed by atoms with Gasteiger partial charge >= 0.3 is 5.97 Å². The third-order valence-corrected chi connectivity index (χ3v) is 2.77. The molecule has 0 atom stereocenters. The molecule has 1 rings (SSSR count). The Hall–Kier alpha value is -2.18. The van der Waals surface area contributed by atoms with Gasteiger partial charge in [0.25, 0.3) is 5.91 Å². The van der Waals surface area contributed by atoms with E-state index in [1.165, 1.54) is 0 Å². The zero-order valence-electron chi connectivity index (χ0n) is 12.4. The summed E-state index contributed by atoms with van der Waals surface area (Å²) in [4.78, 5) is 23.4. The minimum Gasteiger partial charge on any atom is -0.477 e. The molecule has 0 bridgehead atoms. The van der Waals surface area contributed by atoms with E-state index in [1.54, 1.807) is 56.4 Å². The van der Waals surface area contributed by atoms with Crippen molar-refractivity contribution in [3.8, 4) is 0 Å². The molecule has 5 N–H and O–H groups in total. The van der Waals surface area contributed by atoms with Crippen LogP contribution in [0.25, 0.3) is 0 Å². The second-order valence-corrected chi connectivity index (χ2v) is 5.40. The predicted molar refractivity (Wildman–Crippen MR) is 78.5 cm³/mol. The fourth-order valence-electron chi connectivity index (χ4n) is 1.66. The van der Waals surface area contributed by atoms with E-state index < -0.39 is 17.5 Å². The second kappa shape index (κ2) is 7.01. The number of aliphatic hydroxyl groups is 1. The van der Waals surface area contributed by atoms with Crippen LogP contribution in [0.1, 0.15) is 20.8 Å². The normalized spacial score (nSPS) is 12.6. The first-order valence-corrected chi connectivity index (χ1v) is 6.57. The van der Waals surface area contributed by atoms with Crippen molar-refractivity contribution in [1.29, 1.82) is 0 Å². The first-order valence-electron chi connectivity index (χ1n) is 6.57. The van der Waals surface area contributed by atoms with Crippen molar-refractivity contribution in [2.24, 2.45) is 0 Å². The number of carboxylic acids is 1. The Morgan fingerprint density at radius 2 is 1.81 bits per heavy atom. The lowest BCUT2D eigenvalue weighted by molar-refractivity contribution is -0.619. The summed E-state index contributed by atoms with van der Waals surface area (Å²) >= 11 is 0. The lowest BCUT2D eigenvalue weighted by Gasteiger charge is -2.15. The molecule has 6 nitrogen and oxygen atoms in total. The van der Waals surface area contributed by atoms with Crippen LogP contribution < -0.4 is 10.6 Å². The number of carboxylic acid groups (broad SMARTS) is 1. The van der Waals surface area contributed by atoms with Gasteiger partial charge in [-0.1, -0.05) is 18.2 Å². The SMILES string of the molecule is CC([NH2+]CC(C)(C)O)=C(C(=O)O)C(=O)Nc1ccccc1. The maximum Gasteiger partial charge on any atom is 0.347 e. The van der Waals surface area contributed by atoms with Crippen molar-refractivity contribution < 1.29 is 25.1 Å². The molecule has 1 aromatic carbocycles. The fraction of sp³-hybridized carbons (Fsp3) is 0.333. The third-order valence-electron chi connectivity index (χ3n) is 2.77. The number of nitrogens with two attached hydrogens (primary N) is 1. The summed E-state index contributed by atoms with van der Waals surface area (Å²) in [5.41, 5.74) is -0.446. The fourth-order valence-corrected chi connectivity index (χ4v) is 1.66. The molecular weight excluding hydrogens is 272 g/mol. The van der Waals surface area contributed by atoms with E-state index >= 15 is 0 Å². The molecule has 0 heterocycles. The molecule has 0 fully saturated rings. The maximum atomic E-state index is 12.1. The summed E-state index contributed by atoms with van der Waals surface area (Å²) in [6.45, 7) is 5.02. The van der Waals surface area contributed by atoms with Crippen molar-refractivity contribution in [3.63, 3.8) is 0 Å². The topological polar surface area (TPSA) is 103 Å². The zero-order chi connectivity index (χ0) is 16.0. The van der Waals surface area contributed by atoms with Crippen molar-refractivity contribution in [2.45, 2.75) is 26.4 Å². The van der Waals surface area contributed by atoms with Gasteiger partial charge in [-0.15, -0.1) is 0 Å². The molecule has 0 aliphatic heterocycles.